The topological polar surface area (TPSA) is 32.3 Å². The van der Waals surface area contributed by atoms with E-state index >= 15 is 0 Å². The maximum absolute atomic E-state index is 13.7. The van der Waals surface area contributed by atoms with Crippen LogP contribution in [-0.2, 0) is 10.2 Å². The number of likely N-dealkylation sites (tertiary alicyclic amines) is 1. The highest BCUT2D eigenvalue weighted by Crippen LogP contribution is 2.41. The molecule has 3 nitrogen and oxygen atoms in total. The van der Waals surface area contributed by atoms with Gasteiger partial charge >= 0.3 is 0 Å². The van der Waals surface area contributed by atoms with Gasteiger partial charge in [0.2, 0.25) is 5.91 Å². The number of piperidine rings is 1. The quantitative estimate of drug-likeness (QED) is 0.793. The van der Waals surface area contributed by atoms with Gasteiger partial charge in [-0.1, -0.05) is 31.9 Å². The number of amides is 1. The van der Waals surface area contributed by atoms with Crippen LogP contribution in [0.25, 0.3) is 0 Å². The Labute approximate surface area is 151 Å². The maximum Gasteiger partial charge on any atom is 0.230 e. The molecule has 1 aliphatic carbocycles. The molecule has 1 saturated carbocycles. The van der Waals surface area contributed by atoms with Crippen molar-refractivity contribution in [2.75, 3.05) is 26.2 Å². The molecule has 138 valence electrons. The van der Waals surface area contributed by atoms with Crippen LogP contribution in [0.1, 0.15) is 57.4 Å². The highest BCUT2D eigenvalue weighted by atomic mass is 19.1. The number of rotatable bonds is 6. The van der Waals surface area contributed by atoms with E-state index in [1.165, 1.54) is 32.0 Å². The van der Waals surface area contributed by atoms with Gasteiger partial charge in [-0.2, -0.15) is 0 Å². The van der Waals surface area contributed by atoms with E-state index in [0.717, 1.165) is 50.1 Å². The molecule has 0 spiro atoms. The Kier molecular flexibility index (Phi) is 6.10. The number of hydrogen-bond acceptors (Lipinski definition) is 2. The van der Waals surface area contributed by atoms with Crippen molar-refractivity contribution >= 4 is 5.91 Å². The summed E-state index contributed by atoms with van der Waals surface area (Å²) in [6, 6.07) is 6.61. The van der Waals surface area contributed by atoms with E-state index in [9.17, 15) is 9.18 Å². The molecule has 1 aliphatic heterocycles. The van der Waals surface area contributed by atoms with E-state index < -0.39 is 5.41 Å². The second-order valence-corrected chi connectivity index (χ2v) is 7.96. The molecule has 25 heavy (non-hydrogen) atoms. The summed E-state index contributed by atoms with van der Waals surface area (Å²) in [5, 5.41) is 3.15. The SMILES string of the molecule is CC1CCCN(CCCNC(=O)C2(c3cccc(F)c3)CCCC2)C1. The van der Waals surface area contributed by atoms with Gasteiger partial charge in [-0.15, -0.1) is 0 Å². The van der Waals surface area contributed by atoms with Crippen LogP contribution in [0.15, 0.2) is 24.3 Å². The van der Waals surface area contributed by atoms with E-state index in [-0.39, 0.29) is 11.7 Å². The second-order valence-electron chi connectivity index (χ2n) is 7.96. The Hall–Kier alpha value is -1.42. The van der Waals surface area contributed by atoms with Crippen LogP contribution in [0.3, 0.4) is 0 Å². The minimum absolute atomic E-state index is 0.0858. The maximum atomic E-state index is 13.7. The van der Waals surface area contributed by atoms with Crippen molar-refractivity contribution in [3.8, 4) is 0 Å². The van der Waals surface area contributed by atoms with Crippen molar-refractivity contribution < 1.29 is 9.18 Å². The van der Waals surface area contributed by atoms with Crippen molar-refractivity contribution in [1.82, 2.24) is 10.2 Å². The van der Waals surface area contributed by atoms with Crippen molar-refractivity contribution in [3.05, 3.63) is 35.6 Å². The Morgan fingerprint density at radius 1 is 1.32 bits per heavy atom. The van der Waals surface area contributed by atoms with Crippen LogP contribution >= 0.6 is 0 Å². The molecule has 0 radical (unpaired) electrons. The van der Waals surface area contributed by atoms with Gasteiger partial charge in [-0.25, -0.2) is 4.39 Å². The molecule has 2 fully saturated rings. The van der Waals surface area contributed by atoms with Crippen LogP contribution in [0.4, 0.5) is 4.39 Å². The number of benzene rings is 1. The average molecular weight is 346 g/mol. The molecule has 3 rings (SSSR count). The lowest BCUT2D eigenvalue weighted by Gasteiger charge is -2.31. The zero-order valence-electron chi connectivity index (χ0n) is 15.4. The molecule has 1 N–H and O–H groups in total. The number of nitrogens with zero attached hydrogens (tertiary/aromatic N) is 1. The molecular weight excluding hydrogens is 315 g/mol. The lowest BCUT2D eigenvalue weighted by molar-refractivity contribution is -0.126. The van der Waals surface area contributed by atoms with Crippen LogP contribution in [0.2, 0.25) is 0 Å². The summed E-state index contributed by atoms with van der Waals surface area (Å²) in [6.45, 7) is 6.45. The number of hydrogen-bond donors (Lipinski definition) is 1. The summed E-state index contributed by atoms with van der Waals surface area (Å²) in [5.74, 6) is 0.622. The van der Waals surface area contributed by atoms with Crippen molar-refractivity contribution in [3.63, 3.8) is 0 Å². The van der Waals surface area contributed by atoms with Gasteiger partial charge in [0.1, 0.15) is 5.82 Å². The van der Waals surface area contributed by atoms with Gasteiger partial charge < -0.3 is 10.2 Å². The first-order valence-electron chi connectivity index (χ1n) is 9.87. The molecule has 1 aromatic rings. The van der Waals surface area contributed by atoms with Crippen molar-refractivity contribution in [2.24, 2.45) is 5.92 Å². The number of carbonyl (C=O) groups excluding carboxylic acids is 1. The van der Waals surface area contributed by atoms with Gasteiger partial charge in [-0.05, 0) is 68.8 Å². The highest BCUT2D eigenvalue weighted by Gasteiger charge is 2.42. The van der Waals surface area contributed by atoms with Gasteiger partial charge in [-0.3, -0.25) is 4.79 Å². The van der Waals surface area contributed by atoms with E-state index in [1.807, 2.05) is 6.07 Å². The van der Waals surface area contributed by atoms with Gasteiger partial charge in [0.05, 0.1) is 5.41 Å². The first-order valence-corrected chi connectivity index (χ1v) is 9.87. The summed E-state index contributed by atoms with van der Waals surface area (Å²) < 4.78 is 13.7. The number of nitrogens with one attached hydrogen (secondary N) is 1. The minimum Gasteiger partial charge on any atom is -0.355 e. The molecule has 2 aliphatic rings. The molecule has 4 heteroatoms. The first kappa shape index (κ1) is 18.4. The highest BCUT2D eigenvalue weighted by molar-refractivity contribution is 5.88. The van der Waals surface area contributed by atoms with Crippen LogP contribution in [0.5, 0.6) is 0 Å². The number of carbonyl (C=O) groups is 1. The largest absolute Gasteiger partial charge is 0.355 e. The fraction of sp³-hybridized carbons (Fsp3) is 0.667. The monoisotopic (exact) mass is 346 g/mol. The summed E-state index contributed by atoms with van der Waals surface area (Å²) in [4.78, 5) is 15.4. The van der Waals surface area contributed by atoms with E-state index in [4.69, 9.17) is 0 Å². The summed E-state index contributed by atoms with van der Waals surface area (Å²) in [5.41, 5.74) is 0.314. The predicted octanol–water partition coefficient (Wildman–Crippen LogP) is 3.88. The fourth-order valence-electron chi connectivity index (χ4n) is 4.58. The third-order valence-electron chi connectivity index (χ3n) is 5.95. The van der Waals surface area contributed by atoms with E-state index in [1.54, 1.807) is 12.1 Å². The molecule has 1 saturated heterocycles. The number of halogens is 1. The van der Waals surface area contributed by atoms with Crippen molar-refractivity contribution in [2.45, 2.75) is 57.3 Å². The average Bonchev–Trinajstić information content (AvgIpc) is 3.10. The smallest absolute Gasteiger partial charge is 0.230 e. The van der Waals surface area contributed by atoms with Crippen LogP contribution in [-0.4, -0.2) is 37.0 Å². The zero-order valence-corrected chi connectivity index (χ0v) is 15.4. The molecule has 0 bridgehead atoms. The molecule has 1 unspecified atom stereocenters. The molecule has 1 aromatic carbocycles. The lowest BCUT2D eigenvalue weighted by Crippen LogP contribution is -2.44. The summed E-state index contributed by atoms with van der Waals surface area (Å²) >= 11 is 0. The van der Waals surface area contributed by atoms with E-state index in [0.29, 0.717) is 6.54 Å². The zero-order chi connectivity index (χ0) is 17.7. The van der Waals surface area contributed by atoms with E-state index in [2.05, 4.69) is 17.1 Å². The third kappa shape index (κ3) is 4.41. The fourth-order valence-corrected chi connectivity index (χ4v) is 4.58. The standard InChI is InChI=1S/C21H31FN2O/c1-17-7-5-13-24(16-17)14-6-12-23-20(25)21(10-2-3-11-21)18-8-4-9-19(22)15-18/h4,8-9,15,17H,2-3,5-7,10-14,16H2,1H3,(H,23,25). The predicted molar refractivity (Wildman–Crippen MR) is 99.0 cm³/mol. The molecule has 0 aromatic heterocycles. The van der Waals surface area contributed by atoms with Crippen molar-refractivity contribution in [1.29, 1.82) is 0 Å². The lowest BCUT2D eigenvalue weighted by atomic mass is 9.78. The minimum atomic E-state index is -0.526. The summed E-state index contributed by atoms with van der Waals surface area (Å²) in [7, 11) is 0. The Morgan fingerprint density at radius 2 is 2.12 bits per heavy atom. The van der Waals surface area contributed by atoms with Crippen LogP contribution in [0, 0.1) is 11.7 Å². The third-order valence-corrected chi connectivity index (χ3v) is 5.95. The molecule has 1 heterocycles. The molecular formula is C21H31FN2O. The van der Waals surface area contributed by atoms with Gasteiger partial charge in [0.25, 0.3) is 0 Å². The molecule has 1 atom stereocenters. The van der Waals surface area contributed by atoms with Crippen LogP contribution < -0.4 is 5.32 Å². The van der Waals surface area contributed by atoms with Gasteiger partial charge in [0.15, 0.2) is 0 Å². The Balaban J connectivity index is 1.53. The Morgan fingerprint density at radius 3 is 2.84 bits per heavy atom. The first-order chi connectivity index (χ1) is 12.1. The Bertz CT molecular complexity index is 583. The normalized spacial score (nSPS) is 23.5. The molecule has 1 amide bonds. The van der Waals surface area contributed by atoms with Gasteiger partial charge in [0, 0.05) is 13.1 Å². The second kappa shape index (κ2) is 8.31. The summed E-state index contributed by atoms with van der Waals surface area (Å²) in [6.07, 6.45) is 7.33.